The van der Waals surface area contributed by atoms with Crippen LogP contribution in [0.2, 0.25) is 0 Å². The standard InChI is InChI=1S/C11H16O4/c1-10(2,3)11(4,14)8-7(9(12)13)5-6-15-8/h5-6,14H,1-4H3,(H,12,13). The smallest absolute Gasteiger partial charge is 0.339 e. The van der Waals surface area contributed by atoms with E-state index in [1.807, 2.05) is 20.8 Å². The van der Waals surface area contributed by atoms with Gasteiger partial charge in [0.1, 0.15) is 16.9 Å². The molecule has 2 N–H and O–H groups in total. The first kappa shape index (κ1) is 11.8. The Morgan fingerprint density at radius 1 is 1.33 bits per heavy atom. The maximum Gasteiger partial charge on any atom is 0.339 e. The number of aromatic carboxylic acids is 1. The first-order valence-electron chi connectivity index (χ1n) is 4.71. The van der Waals surface area contributed by atoms with Crippen LogP contribution in [0.1, 0.15) is 43.8 Å². The average molecular weight is 212 g/mol. The van der Waals surface area contributed by atoms with Crippen LogP contribution in [0.15, 0.2) is 16.7 Å². The van der Waals surface area contributed by atoms with Gasteiger partial charge < -0.3 is 14.6 Å². The summed E-state index contributed by atoms with van der Waals surface area (Å²) in [6.45, 7) is 7.02. The highest BCUT2D eigenvalue weighted by Gasteiger charge is 2.42. The van der Waals surface area contributed by atoms with E-state index in [0.717, 1.165) is 0 Å². The van der Waals surface area contributed by atoms with E-state index < -0.39 is 17.0 Å². The lowest BCUT2D eigenvalue weighted by molar-refractivity contribution is -0.0645. The summed E-state index contributed by atoms with van der Waals surface area (Å²) < 4.78 is 5.09. The molecule has 1 aromatic rings. The molecule has 4 heteroatoms. The van der Waals surface area contributed by atoms with Crippen molar-refractivity contribution in [1.29, 1.82) is 0 Å². The van der Waals surface area contributed by atoms with E-state index in [0.29, 0.717) is 0 Å². The van der Waals surface area contributed by atoms with E-state index in [-0.39, 0.29) is 11.3 Å². The number of furan rings is 1. The van der Waals surface area contributed by atoms with Crippen LogP contribution in [0.5, 0.6) is 0 Å². The van der Waals surface area contributed by atoms with Gasteiger partial charge in [0, 0.05) is 0 Å². The monoisotopic (exact) mass is 212 g/mol. The number of hydrogen-bond acceptors (Lipinski definition) is 3. The quantitative estimate of drug-likeness (QED) is 0.788. The fourth-order valence-corrected chi connectivity index (χ4v) is 1.20. The molecule has 1 aromatic heterocycles. The molecule has 1 rings (SSSR count). The Hall–Kier alpha value is -1.29. The van der Waals surface area contributed by atoms with Crippen molar-refractivity contribution in [3.8, 4) is 0 Å². The number of aliphatic hydroxyl groups is 1. The minimum absolute atomic E-state index is 0.00919. The van der Waals surface area contributed by atoms with E-state index in [1.54, 1.807) is 6.92 Å². The van der Waals surface area contributed by atoms with Gasteiger partial charge in [0.25, 0.3) is 0 Å². The molecule has 84 valence electrons. The topological polar surface area (TPSA) is 70.7 Å². The van der Waals surface area contributed by atoms with Crippen LogP contribution in [0.3, 0.4) is 0 Å². The Balaban J connectivity index is 3.27. The molecule has 0 aliphatic heterocycles. The summed E-state index contributed by atoms with van der Waals surface area (Å²) in [6.07, 6.45) is 1.28. The van der Waals surface area contributed by atoms with Crippen LogP contribution in [-0.2, 0) is 5.60 Å². The van der Waals surface area contributed by atoms with Crippen molar-refractivity contribution >= 4 is 5.97 Å². The fourth-order valence-electron chi connectivity index (χ4n) is 1.20. The highest BCUT2D eigenvalue weighted by atomic mass is 16.4. The van der Waals surface area contributed by atoms with E-state index in [9.17, 15) is 9.90 Å². The van der Waals surface area contributed by atoms with Crippen LogP contribution in [0.4, 0.5) is 0 Å². The zero-order valence-corrected chi connectivity index (χ0v) is 9.37. The van der Waals surface area contributed by atoms with Gasteiger partial charge in [0.05, 0.1) is 6.26 Å². The Kier molecular flexibility index (Phi) is 2.65. The molecule has 4 nitrogen and oxygen atoms in total. The summed E-state index contributed by atoms with van der Waals surface area (Å²) >= 11 is 0. The van der Waals surface area contributed by atoms with Gasteiger partial charge in [-0.1, -0.05) is 20.8 Å². The van der Waals surface area contributed by atoms with Gasteiger partial charge in [-0.05, 0) is 18.4 Å². The zero-order valence-electron chi connectivity index (χ0n) is 9.37. The number of hydrogen-bond donors (Lipinski definition) is 2. The zero-order chi connectivity index (χ0) is 11.9. The summed E-state index contributed by atoms with van der Waals surface area (Å²) in [4.78, 5) is 10.9. The fraction of sp³-hybridized carbons (Fsp3) is 0.545. The van der Waals surface area contributed by atoms with Gasteiger partial charge in [0.2, 0.25) is 0 Å². The Morgan fingerprint density at radius 2 is 1.87 bits per heavy atom. The molecule has 0 aliphatic rings. The molecule has 1 atom stereocenters. The summed E-state index contributed by atoms with van der Waals surface area (Å²) in [5.41, 5.74) is -1.81. The lowest BCUT2D eigenvalue weighted by Crippen LogP contribution is -2.37. The molecule has 15 heavy (non-hydrogen) atoms. The van der Waals surface area contributed by atoms with Gasteiger partial charge in [0.15, 0.2) is 0 Å². The second-order valence-corrected chi connectivity index (χ2v) is 4.79. The Labute approximate surface area is 88.5 Å². The molecular formula is C11H16O4. The first-order valence-corrected chi connectivity index (χ1v) is 4.71. The number of carbonyl (C=O) groups is 1. The predicted octanol–water partition coefficient (Wildman–Crippen LogP) is 2.23. The third kappa shape index (κ3) is 1.90. The normalized spacial score (nSPS) is 16.1. The molecule has 1 unspecified atom stereocenters. The van der Waals surface area contributed by atoms with Crippen LogP contribution in [0, 0.1) is 5.41 Å². The maximum absolute atomic E-state index is 10.9. The Bertz CT molecular complexity index is 368. The molecule has 0 aliphatic carbocycles. The summed E-state index contributed by atoms with van der Waals surface area (Å²) in [6, 6.07) is 1.35. The Morgan fingerprint density at radius 3 is 2.27 bits per heavy atom. The summed E-state index contributed by atoms with van der Waals surface area (Å²) in [5, 5.41) is 19.2. The second-order valence-electron chi connectivity index (χ2n) is 4.79. The van der Waals surface area contributed by atoms with Crippen molar-refractivity contribution in [2.45, 2.75) is 33.3 Å². The van der Waals surface area contributed by atoms with Crippen molar-refractivity contribution in [2.75, 3.05) is 0 Å². The lowest BCUT2D eigenvalue weighted by Gasteiger charge is -2.35. The van der Waals surface area contributed by atoms with Crippen LogP contribution < -0.4 is 0 Å². The van der Waals surface area contributed by atoms with Crippen LogP contribution in [0.25, 0.3) is 0 Å². The first-order chi connectivity index (χ1) is 6.68. The van der Waals surface area contributed by atoms with Crippen molar-refractivity contribution in [3.05, 3.63) is 23.7 Å². The van der Waals surface area contributed by atoms with Crippen molar-refractivity contribution in [1.82, 2.24) is 0 Å². The third-order valence-electron chi connectivity index (χ3n) is 2.80. The molecule has 0 radical (unpaired) electrons. The minimum Gasteiger partial charge on any atom is -0.478 e. The van der Waals surface area contributed by atoms with E-state index >= 15 is 0 Å². The number of carboxylic acid groups (broad SMARTS) is 1. The largest absolute Gasteiger partial charge is 0.478 e. The van der Waals surface area contributed by atoms with Gasteiger partial charge in [-0.3, -0.25) is 0 Å². The molecular weight excluding hydrogens is 196 g/mol. The molecule has 1 heterocycles. The molecule has 0 fully saturated rings. The average Bonchev–Trinajstić information content (AvgIpc) is 2.48. The van der Waals surface area contributed by atoms with Crippen molar-refractivity contribution < 1.29 is 19.4 Å². The maximum atomic E-state index is 10.9. The molecule has 0 bridgehead atoms. The van der Waals surface area contributed by atoms with Crippen LogP contribution in [-0.4, -0.2) is 16.2 Å². The van der Waals surface area contributed by atoms with E-state index in [2.05, 4.69) is 0 Å². The highest BCUT2D eigenvalue weighted by Crippen LogP contribution is 2.40. The molecule has 0 amide bonds. The predicted molar refractivity (Wildman–Crippen MR) is 54.7 cm³/mol. The van der Waals surface area contributed by atoms with Gasteiger partial charge in [-0.15, -0.1) is 0 Å². The third-order valence-corrected chi connectivity index (χ3v) is 2.80. The number of rotatable bonds is 2. The van der Waals surface area contributed by atoms with E-state index in [4.69, 9.17) is 9.52 Å². The molecule has 0 saturated heterocycles. The van der Waals surface area contributed by atoms with E-state index in [1.165, 1.54) is 12.3 Å². The van der Waals surface area contributed by atoms with Crippen LogP contribution >= 0.6 is 0 Å². The lowest BCUT2D eigenvalue weighted by atomic mass is 9.75. The van der Waals surface area contributed by atoms with Gasteiger partial charge >= 0.3 is 5.97 Å². The minimum atomic E-state index is -1.32. The SMILES string of the molecule is CC(C)(C)C(C)(O)c1occc1C(=O)O. The molecule has 0 spiro atoms. The second kappa shape index (κ2) is 3.38. The molecule has 0 aromatic carbocycles. The summed E-state index contributed by atoms with van der Waals surface area (Å²) in [7, 11) is 0. The van der Waals surface area contributed by atoms with Crippen molar-refractivity contribution in [3.63, 3.8) is 0 Å². The highest BCUT2D eigenvalue weighted by molar-refractivity contribution is 5.89. The molecule has 0 saturated carbocycles. The number of carboxylic acids is 1. The van der Waals surface area contributed by atoms with Gasteiger partial charge in [-0.2, -0.15) is 0 Å². The van der Waals surface area contributed by atoms with Crippen molar-refractivity contribution in [2.24, 2.45) is 5.41 Å². The van der Waals surface area contributed by atoms with Gasteiger partial charge in [-0.25, -0.2) is 4.79 Å². The summed E-state index contributed by atoms with van der Waals surface area (Å²) in [5.74, 6) is -0.995.